The molecule has 2 rings (SSSR count). The molecule has 4 heteroatoms. The van der Waals surface area contributed by atoms with Gasteiger partial charge in [0.05, 0.1) is 13.0 Å². The van der Waals surface area contributed by atoms with Crippen LogP contribution in [0.25, 0.3) is 0 Å². The van der Waals surface area contributed by atoms with Crippen molar-refractivity contribution in [2.45, 2.75) is 31.7 Å². The first-order chi connectivity index (χ1) is 9.22. The molecule has 0 unspecified atom stereocenters. The number of esters is 1. The zero-order valence-corrected chi connectivity index (χ0v) is 11.1. The fraction of sp³-hybridized carbons (Fsp3) is 0.467. The molecule has 1 N–H and O–H groups in total. The first-order valence-corrected chi connectivity index (χ1v) is 6.66. The predicted octanol–water partition coefficient (Wildman–Crippen LogP) is 2.15. The Morgan fingerprint density at radius 1 is 1.16 bits per heavy atom. The molecule has 1 aliphatic rings. The van der Waals surface area contributed by atoms with E-state index in [-0.39, 0.29) is 23.8 Å². The van der Waals surface area contributed by atoms with Crippen LogP contribution in [-0.2, 0) is 9.53 Å². The molecule has 2 atom stereocenters. The molecular formula is C15H19NO3. The second kappa shape index (κ2) is 6.36. The predicted molar refractivity (Wildman–Crippen MR) is 71.7 cm³/mol. The molecule has 0 bridgehead atoms. The van der Waals surface area contributed by atoms with Crippen LogP contribution in [0, 0.1) is 5.92 Å². The minimum atomic E-state index is -0.224. The van der Waals surface area contributed by atoms with Gasteiger partial charge in [0.25, 0.3) is 5.91 Å². The molecule has 0 spiro atoms. The van der Waals surface area contributed by atoms with E-state index in [2.05, 4.69) is 5.32 Å². The molecule has 0 saturated heterocycles. The molecule has 1 amide bonds. The normalized spacial score (nSPS) is 22.6. The largest absolute Gasteiger partial charge is 0.469 e. The van der Waals surface area contributed by atoms with Gasteiger partial charge in [-0.2, -0.15) is 0 Å². The highest BCUT2D eigenvalue weighted by molar-refractivity contribution is 5.94. The van der Waals surface area contributed by atoms with Crippen molar-refractivity contribution < 1.29 is 14.3 Å². The lowest BCUT2D eigenvalue weighted by atomic mass is 9.84. The van der Waals surface area contributed by atoms with Crippen LogP contribution >= 0.6 is 0 Å². The van der Waals surface area contributed by atoms with Crippen LogP contribution in [0.1, 0.15) is 36.0 Å². The third kappa shape index (κ3) is 3.34. The molecule has 19 heavy (non-hydrogen) atoms. The summed E-state index contributed by atoms with van der Waals surface area (Å²) in [7, 11) is 1.40. The van der Waals surface area contributed by atoms with E-state index in [4.69, 9.17) is 4.74 Å². The van der Waals surface area contributed by atoms with Gasteiger partial charge < -0.3 is 10.1 Å². The zero-order chi connectivity index (χ0) is 13.7. The number of methoxy groups -OCH3 is 1. The Kier molecular flexibility index (Phi) is 4.55. The molecule has 0 heterocycles. The lowest BCUT2D eigenvalue weighted by molar-refractivity contribution is -0.147. The van der Waals surface area contributed by atoms with Gasteiger partial charge in [-0.1, -0.05) is 31.0 Å². The lowest BCUT2D eigenvalue weighted by Gasteiger charge is -2.30. The Bertz CT molecular complexity index is 444. The molecule has 1 fully saturated rings. The average Bonchev–Trinajstić information content (AvgIpc) is 2.48. The van der Waals surface area contributed by atoms with Crippen molar-refractivity contribution in [3.63, 3.8) is 0 Å². The van der Waals surface area contributed by atoms with E-state index in [9.17, 15) is 9.59 Å². The van der Waals surface area contributed by atoms with Gasteiger partial charge in [-0.05, 0) is 25.0 Å². The van der Waals surface area contributed by atoms with Crippen molar-refractivity contribution >= 4 is 11.9 Å². The summed E-state index contributed by atoms with van der Waals surface area (Å²) in [6, 6.07) is 8.95. The third-order valence-electron chi connectivity index (χ3n) is 3.62. The Morgan fingerprint density at radius 2 is 1.84 bits per heavy atom. The Balaban J connectivity index is 2.03. The molecule has 0 aliphatic heterocycles. The number of rotatable bonds is 3. The van der Waals surface area contributed by atoms with E-state index in [0.717, 1.165) is 25.7 Å². The number of carbonyl (C=O) groups excluding carboxylic acids is 2. The quantitative estimate of drug-likeness (QED) is 0.848. The summed E-state index contributed by atoms with van der Waals surface area (Å²) in [5.74, 6) is -0.564. The van der Waals surface area contributed by atoms with E-state index in [1.54, 1.807) is 12.1 Å². The zero-order valence-electron chi connectivity index (χ0n) is 11.1. The molecule has 1 aliphatic carbocycles. The van der Waals surface area contributed by atoms with E-state index in [1.807, 2.05) is 18.2 Å². The molecule has 1 aromatic rings. The monoisotopic (exact) mass is 261 g/mol. The summed E-state index contributed by atoms with van der Waals surface area (Å²) < 4.78 is 4.82. The number of benzene rings is 1. The number of hydrogen-bond donors (Lipinski definition) is 1. The lowest BCUT2D eigenvalue weighted by Crippen LogP contribution is -2.45. The van der Waals surface area contributed by atoms with Crippen molar-refractivity contribution in [3.05, 3.63) is 35.9 Å². The molecule has 102 valence electrons. The summed E-state index contributed by atoms with van der Waals surface area (Å²) in [6.45, 7) is 0. The Labute approximate surface area is 113 Å². The summed E-state index contributed by atoms with van der Waals surface area (Å²) in [5, 5.41) is 2.96. The highest BCUT2D eigenvalue weighted by Crippen LogP contribution is 2.25. The second-order valence-electron chi connectivity index (χ2n) is 4.86. The minimum absolute atomic E-state index is 0.117. The summed E-state index contributed by atoms with van der Waals surface area (Å²) in [5.41, 5.74) is 0.622. The maximum atomic E-state index is 12.1. The summed E-state index contributed by atoms with van der Waals surface area (Å²) in [6.07, 6.45) is 3.66. The molecule has 4 nitrogen and oxygen atoms in total. The SMILES string of the molecule is COC(=O)[C@H]1CCCC[C@@H]1NC(=O)c1ccccc1. The van der Waals surface area contributed by atoms with Crippen molar-refractivity contribution in [1.82, 2.24) is 5.32 Å². The average molecular weight is 261 g/mol. The van der Waals surface area contributed by atoms with Crippen LogP contribution in [0.3, 0.4) is 0 Å². The minimum Gasteiger partial charge on any atom is -0.469 e. The molecular weight excluding hydrogens is 242 g/mol. The fourth-order valence-electron chi connectivity index (χ4n) is 2.58. The van der Waals surface area contributed by atoms with Crippen molar-refractivity contribution in [2.24, 2.45) is 5.92 Å². The number of hydrogen-bond acceptors (Lipinski definition) is 3. The Hall–Kier alpha value is -1.84. The van der Waals surface area contributed by atoms with Crippen molar-refractivity contribution in [3.8, 4) is 0 Å². The Morgan fingerprint density at radius 3 is 2.53 bits per heavy atom. The van der Waals surface area contributed by atoms with E-state index in [0.29, 0.717) is 5.56 Å². The third-order valence-corrected chi connectivity index (χ3v) is 3.62. The number of ether oxygens (including phenoxy) is 1. The molecule has 0 radical (unpaired) electrons. The molecule has 1 aromatic carbocycles. The number of carbonyl (C=O) groups is 2. The van der Waals surface area contributed by atoms with Crippen LogP contribution in [0.4, 0.5) is 0 Å². The number of nitrogens with one attached hydrogen (secondary N) is 1. The molecule has 0 aromatic heterocycles. The van der Waals surface area contributed by atoms with E-state index in [1.165, 1.54) is 7.11 Å². The second-order valence-corrected chi connectivity index (χ2v) is 4.86. The van der Waals surface area contributed by atoms with Crippen molar-refractivity contribution in [2.75, 3.05) is 7.11 Å². The summed E-state index contributed by atoms with van der Waals surface area (Å²) in [4.78, 5) is 23.8. The first kappa shape index (κ1) is 13.6. The standard InChI is InChI=1S/C15H19NO3/c1-19-15(18)12-9-5-6-10-13(12)16-14(17)11-7-3-2-4-8-11/h2-4,7-8,12-13H,5-6,9-10H2,1H3,(H,16,17)/t12-,13-/m0/s1. The van der Waals surface area contributed by atoms with Crippen LogP contribution in [-0.4, -0.2) is 25.0 Å². The van der Waals surface area contributed by atoms with Gasteiger partial charge in [0, 0.05) is 11.6 Å². The fourth-order valence-corrected chi connectivity index (χ4v) is 2.58. The first-order valence-electron chi connectivity index (χ1n) is 6.66. The highest BCUT2D eigenvalue weighted by Gasteiger charge is 2.32. The van der Waals surface area contributed by atoms with Gasteiger partial charge in [-0.3, -0.25) is 9.59 Å². The van der Waals surface area contributed by atoms with E-state index >= 15 is 0 Å². The van der Waals surface area contributed by atoms with E-state index < -0.39 is 0 Å². The maximum absolute atomic E-state index is 12.1. The van der Waals surface area contributed by atoms with Crippen molar-refractivity contribution in [1.29, 1.82) is 0 Å². The van der Waals surface area contributed by atoms with Crippen LogP contribution in [0.5, 0.6) is 0 Å². The van der Waals surface area contributed by atoms with Crippen LogP contribution in [0.15, 0.2) is 30.3 Å². The van der Waals surface area contributed by atoms with Crippen LogP contribution < -0.4 is 5.32 Å². The van der Waals surface area contributed by atoms with Gasteiger partial charge >= 0.3 is 5.97 Å². The van der Waals surface area contributed by atoms with Gasteiger partial charge in [-0.25, -0.2) is 0 Å². The smallest absolute Gasteiger partial charge is 0.310 e. The highest BCUT2D eigenvalue weighted by atomic mass is 16.5. The van der Waals surface area contributed by atoms with Crippen LogP contribution in [0.2, 0.25) is 0 Å². The summed E-state index contributed by atoms with van der Waals surface area (Å²) >= 11 is 0. The number of amides is 1. The van der Waals surface area contributed by atoms with Gasteiger partial charge in [0.1, 0.15) is 0 Å². The van der Waals surface area contributed by atoms with Gasteiger partial charge in [0.2, 0.25) is 0 Å². The van der Waals surface area contributed by atoms with Gasteiger partial charge in [0.15, 0.2) is 0 Å². The topological polar surface area (TPSA) is 55.4 Å². The maximum Gasteiger partial charge on any atom is 0.310 e. The van der Waals surface area contributed by atoms with Gasteiger partial charge in [-0.15, -0.1) is 0 Å². The molecule has 1 saturated carbocycles.